The molecule has 24 heavy (non-hydrogen) atoms. The summed E-state index contributed by atoms with van der Waals surface area (Å²) in [4.78, 5) is 16.9. The molecule has 0 unspecified atom stereocenters. The van der Waals surface area contributed by atoms with Crippen molar-refractivity contribution in [1.82, 2.24) is 15.1 Å². The fraction of sp³-hybridized carbons (Fsp3) is 0.737. The van der Waals surface area contributed by atoms with E-state index in [1.54, 1.807) is 0 Å². The molecule has 0 radical (unpaired) electrons. The summed E-state index contributed by atoms with van der Waals surface area (Å²) in [5.41, 5.74) is 1.13. The highest BCUT2D eigenvalue weighted by atomic mass is 16.2. The number of aromatic nitrogens is 2. The van der Waals surface area contributed by atoms with Crippen molar-refractivity contribution in [3.05, 3.63) is 17.8 Å². The van der Waals surface area contributed by atoms with E-state index in [0.717, 1.165) is 43.4 Å². The fourth-order valence-electron chi connectivity index (χ4n) is 3.96. The minimum atomic E-state index is 0.248. The first-order valence-corrected chi connectivity index (χ1v) is 9.47. The molecule has 1 aromatic heterocycles. The van der Waals surface area contributed by atoms with Crippen LogP contribution in [0.3, 0.4) is 0 Å². The molecular weight excluding hydrogens is 300 g/mol. The van der Waals surface area contributed by atoms with Gasteiger partial charge in [0.25, 0.3) is 0 Å². The van der Waals surface area contributed by atoms with Crippen molar-refractivity contribution < 1.29 is 4.79 Å². The molecule has 2 saturated carbocycles. The SMILES string of the molecule is CC1CCC(C(=O)N(C)C2CN(c3ccc(C4CC4)nn3)C2)CC1. The summed E-state index contributed by atoms with van der Waals surface area (Å²) in [6.07, 6.45) is 7.04. The van der Waals surface area contributed by atoms with Crippen LogP contribution < -0.4 is 4.90 Å². The topological polar surface area (TPSA) is 49.3 Å². The van der Waals surface area contributed by atoms with E-state index >= 15 is 0 Å². The average molecular weight is 328 g/mol. The standard InChI is InChI=1S/C19H28N4O/c1-13-3-5-15(6-4-13)19(24)22(2)16-11-23(12-16)18-10-9-17(20-21-18)14-7-8-14/h9-10,13-16H,3-8,11-12H2,1-2H3. The minimum absolute atomic E-state index is 0.248. The van der Waals surface area contributed by atoms with E-state index < -0.39 is 0 Å². The summed E-state index contributed by atoms with van der Waals surface area (Å²) in [7, 11) is 1.98. The van der Waals surface area contributed by atoms with Gasteiger partial charge in [0.1, 0.15) is 0 Å². The Balaban J connectivity index is 1.29. The fourth-order valence-corrected chi connectivity index (χ4v) is 3.96. The summed E-state index contributed by atoms with van der Waals surface area (Å²) in [6, 6.07) is 4.52. The lowest BCUT2D eigenvalue weighted by atomic mass is 9.82. The van der Waals surface area contributed by atoms with Gasteiger partial charge in [0.05, 0.1) is 11.7 Å². The third kappa shape index (κ3) is 3.13. The Labute approximate surface area is 144 Å². The first-order valence-electron chi connectivity index (χ1n) is 9.47. The van der Waals surface area contributed by atoms with E-state index in [9.17, 15) is 4.79 Å². The Morgan fingerprint density at radius 1 is 1.08 bits per heavy atom. The number of amides is 1. The van der Waals surface area contributed by atoms with Crippen LogP contribution in [0.5, 0.6) is 0 Å². The molecule has 1 amide bonds. The Morgan fingerprint density at radius 3 is 2.38 bits per heavy atom. The van der Waals surface area contributed by atoms with Gasteiger partial charge in [-0.15, -0.1) is 5.10 Å². The number of rotatable bonds is 4. The molecule has 4 rings (SSSR count). The Kier molecular flexibility index (Phi) is 4.19. The first kappa shape index (κ1) is 15.9. The second-order valence-corrected chi connectivity index (χ2v) is 8.06. The number of likely N-dealkylation sites (N-methyl/N-ethyl adjacent to an activating group) is 1. The van der Waals surface area contributed by atoms with Gasteiger partial charge in [-0.05, 0) is 56.6 Å². The van der Waals surface area contributed by atoms with E-state index in [2.05, 4.69) is 34.2 Å². The zero-order valence-electron chi connectivity index (χ0n) is 14.8. The van der Waals surface area contributed by atoms with Crippen LogP contribution in [0.2, 0.25) is 0 Å². The normalized spacial score (nSPS) is 27.7. The van der Waals surface area contributed by atoms with Crippen molar-refractivity contribution >= 4 is 11.7 Å². The highest BCUT2D eigenvalue weighted by Crippen LogP contribution is 2.39. The lowest BCUT2D eigenvalue weighted by molar-refractivity contribution is -0.138. The van der Waals surface area contributed by atoms with Crippen LogP contribution in [0.15, 0.2) is 12.1 Å². The molecule has 3 aliphatic rings. The van der Waals surface area contributed by atoms with Crippen LogP contribution in [0.25, 0.3) is 0 Å². The van der Waals surface area contributed by atoms with Crippen LogP contribution in [0.4, 0.5) is 5.82 Å². The Hall–Kier alpha value is -1.65. The van der Waals surface area contributed by atoms with Crippen molar-refractivity contribution in [3.63, 3.8) is 0 Å². The van der Waals surface area contributed by atoms with Crippen molar-refractivity contribution in [1.29, 1.82) is 0 Å². The lowest BCUT2D eigenvalue weighted by Crippen LogP contribution is -2.61. The first-order chi connectivity index (χ1) is 11.6. The summed E-state index contributed by atoms with van der Waals surface area (Å²) < 4.78 is 0. The van der Waals surface area contributed by atoms with Gasteiger partial charge in [-0.25, -0.2) is 0 Å². The number of nitrogens with zero attached hydrogens (tertiary/aromatic N) is 4. The summed E-state index contributed by atoms with van der Waals surface area (Å²) >= 11 is 0. The van der Waals surface area contributed by atoms with Gasteiger partial charge in [0.15, 0.2) is 5.82 Å². The predicted molar refractivity (Wildman–Crippen MR) is 93.9 cm³/mol. The van der Waals surface area contributed by atoms with Crippen LogP contribution in [0, 0.1) is 11.8 Å². The molecule has 2 aliphatic carbocycles. The molecular formula is C19H28N4O. The van der Waals surface area contributed by atoms with Gasteiger partial charge in [0, 0.05) is 32.0 Å². The summed E-state index contributed by atoms with van der Waals surface area (Å²) in [5.74, 6) is 2.98. The molecule has 1 aromatic rings. The molecule has 2 heterocycles. The second-order valence-electron chi connectivity index (χ2n) is 8.06. The van der Waals surface area contributed by atoms with Gasteiger partial charge in [0.2, 0.25) is 5.91 Å². The van der Waals surface area contributed by atoms with E-state index in [-0.39, 0.29) is 5.92 Å². The molecule has 5 nitrogen and oxygen atoms in total. The molecule has 0 atom stereocenters. The zero-order chi connectivity index (χ0) is 16.7. The number of hydrogen-bond donors (Lipinski definition) is 0. The van der Waals surface area contributed by atoms with Crippen molar-refractivity contribution in [2.75, 3.05) is 25.0 Å². The minimum Gasteiger partial charge on any atom is -0.351 e. The third-order valence-corrected chi connectivity index (χ3v) is 6.11. The predicted octanol–water partition coefficient (Wildman–Crippen LogP) is 2.83. The zero-order valence-corrected chi connectivity index (χ0v) is 14.8. The lowest BCUT2D eigenvalue weighted by Gasteiger charge is -2.45. The summed E-state index contributed by atoms with van der Waals surface area (Å²) in [6.45, 7) is 4.05. The van der Waals surface area contributed by atoms with Gasteiger partial charge >= 0.3 is 0 Å². The van der Waals surface area contributed by atoms with E-state index in [4.69, 9.17) is 0 Å². The average Bonchev–Trinajstić information content (AvgIpc) is 3.39. The van der Waals surface area contributed by atoms with E-state index in [0.29, 0.717) is 17.9 Å². The quantitative estimate of drug-likeness (QED) is 0.853. The molecule has 3 fully saturated rings. The van der Waals surface area contributed by atoms with E-state index in [1.807, 2.05) is 11.9 Å². The van der Waals surface area contributed by atoms with Crippen molar-refractivity contribution in [2.45, 2.75) is 57.4 Å². The van der Waals surface area contributed by atoms with Crippen molar-refractivity contribution in [2.24, 2.45) is 11.8 Å². The molecule has 0 bridgehead atoms. The molecule has 0 N–H and O–H groups in total. The second kappa shape index (κ2) is 6.34. The monoisotopic (exact) mass is 328 g/mol. The number of carbonyl (C=O) groups excluding carboxylic acids is 1. The van der Waals surface area contributed by atoms with E-state index in [1.165, 1.54) is 25.7 Å². The molecule has 0 aromatic carbocycles. The Morgan fingerprint density at radius 2 is 1.79 bits per heavy atom. The molecule has 130 valence electrons. The maximum atomic E-state index is 12.7. The van der Waals surface area contributed by atoms with Crippen LogP contribution in [-0.2, 0) is 4.79 Å². The summed E-state index contributed by atoms with van der Waals surface area (Å²) in [5, 5.41) is 8.73. The highest BCUT2D eigenvalue weighted by Gasteiger charge is 2.36. The van der Waals surface area contributed by atoms with Crippen LogP contribution in [0.1, 0.15) is 57.1 Å². The Bertz CT molecular complexity index is 584. The smallest absolute Gasteiger partial charge is 0.225 e. The number of hydrogen-bond acceptors (Lipinski definition) is 4. The van der Waals surface area contributed by atoms with Gasteiger partial charge < -0.3 is 9.80 Å². The third-order valence-electron chi connectivity index (χ3n) is 6.11. The van der Waals surface area contributed by atoms with Gasteiger partial charge in [-0.2, -0.15) is 5.10 Å². The van der Waals surface area contributed by atoms with Crippen LogP contribution >= 0.6 is 0 Å². The largest absolute Gasteiger partial charge is 0.351 e. The van der Waals surface area contributed by atoms with Gasteiger partial charge in [-0.1, -0.05) is 6.92 Å². The molecule has 0 spiro atoms. The van der Waals surface area contributed by atoms with Crippen LogP contribution in [-0.4, -0.2) is 47.2 Å². The molecule has 1 saturated heterocycles. The number of anilines is 1. The highest BCUT2D eigenvalue weighted by molar-refractivity contribution is 5.79. The maximum absolute atomic E-state index is 12.7. The van der Waals surface area contributed by atoms with Gasteiger partial charge in [-0.3, -0.25) is 4.79 Å². The molecule has 1 aliphatic heterocycles. The maximum Gasteiger partial charge on any atom is 0.225 e. The van der Waals surface area contributed by atoms with Crippen molar-refractivity contribution in [3.8, 4) is 0 Å². The molecule has 5 heteroatoms. The number of carbonyl (C=O) groups is 1.